The van der Waals surface area contributed by atoms with Crippen LogP contribution in [0.25, 0.3) is 0 Å². The van der Waals surface area contributed by atoms with Crippen LogP contribution >= 0.6 is 0 Å². The number of hydrogen-bond acceptors (Lipinski definition) is 7. The Hall–Kier alpha value is -3.53. The molecule has 0 radical (unpaired) electrons. The van der Waals surface area contributed by atoms with Gasteiger partial charge in [0, 0.05) is 70.3 Å². The minimum Gasteiger partial charge on any atom is -0.396 e. The first-order chi connectivity index (χ1) is 16.4. The Morgan fingerprint density at radius 1 is 1.09 bits per heavy atom. The second kappa shape index (κ2) is 10.2. The third kappa shape index (κ3) is 4.86. The third-order valence-corrected chi connectivity index (χ3v) is 6.54. The maximum Gasteiger partial charge on any atom is 0.270 e. The predicted molar refractivity (Wildman–Crippen MR) is 125 cm³/mol. The molecule has 0 aliphatic carbocycles. The zero-order valence-electron chi connectivity index (χ0n) is 18.7. The maximum atomic E-state index is 14.6. The highest BCUT2D eigenvalue weighted by molar-refractivity contribution is 6.00. The molecule has 1 unspecified atom stereocenters. The summed E-state index contributed by atoms with van der Waals surface area (Å²) in [7, 11) is 0. The van der Waals surface area contributed by atoms with Crippen LogP contribution < -0.4 is 9.80 Å². The average Bonchev–Trinajstić information content (AvgIpc) is 3.33. The minimum absolute atomic E-state index is 0.0569. The Morgan fingerprint density at radius 2 is 1.82 bits per heavy atom. The molecule has 0 aromatic heterocycles. The molecule has 2 aromatic rings. The fourth-order valence-corrected chi connectivity index (χ4v) is 4.64. The molecule has 1 N–H and O–H groups in total. The third-order valence-electron chi connectivity index (χ3n) is 6.54. The standard InChI is InChI=1S/C24H27FN4O5/c25-21-13-17(6-12-30)1-3-23(21)26-8-10-27(11-9-26)24(32)20-14-19(29(33)34)2-4-22(20)28-7-5-18(15-28)16-31/h1-4,12-14,18,31H,5-11,15-16H2. The summed E-state index contributed by atoms with van der Waals surface area (Å²) < 4.78 is 14.6. The quantitative estimate of drug-likeness (QED) is 0.376. The largest absolute Gasteiger partial charge is 0.396 e. The van der Waals surface area contributed by atoms with E-state index < -0.39 is 10.7 Å². The number of nitrogens with zero attached hydrogens (tertiary/aromatic N) is 4. The van der Waals surface area contributed by atoms with Gasteiger partial charge in [-0.05, 0) is 30.2 Å². The van der Waals surface area contributed by atoms with Crippen molar-refractivity contribution in [3.8, 4) is 0 Å². The molecule has 0 spiro atoms. The highest BCUT2D eigenvalue weighted by Gasteiger charge is 2.30. The lowest BCUT2D eigenvalue weighted by atomic mass is 10.1. The Kier molecular flexibility index (Phi) is 7.06. The van der Waals surface area contributed by atoms with E-state index in [1.165, 1.54) is 18.2 Å². The van der Waals surface area contributed by atoms with E-state index in [-0.39, 0.29) is 36.1 Å². The molecule has 2 saturated heterocycles. The zero-order valence-corrected chi connectivity index (χ0v) is 18.7. The molecular weight excluding hydrogens is 443 g/mol. The van der Waals surface area contributed by atoms with Gasteiger partial charge in [0.25, 0.3) is 11.6 Å². The van der Waals surface area contributed by atoms with E-state index in [4.69, 9.17) is 0 Å². The Labute approximate surface area is 196 Å². The number of nitro benzene ring substituents is 1. The van der Waals surface area contributed by atoms with Crippen molar-refractivity contribution in [2.75, 3.05) is 55.7 Å². The number of amides is 1. The molecule has 4 rings (SSSR count). The van der Waals surface area contributed by atoms with Crippen LogP contribution in [0.3, 0.4) is 0 Å². The number of nitro groups is 1. The number of non-ortho nitro benzene ring substituents is 1. The fourth-order valence-electron chi connectivity index (χ4n) is 4.64. The van der Waals surface area contributed by atoms with Crippen molar-refractivity contribution in [3.05, 3.63) is 63.5 Å². The Morgan fingerprint density at radius 3 is 2.44 bits per heavy atom. The molecule has 0 bridgehead atoms. The van der Waals surface area contributed by atoms with E-state index in [0.717, 1.165) is 12.7 Å². The van der Waals surface area contributed by atoms with E-state index in [1.54, 1.807) is 23.1 Å². The number of carbonyl (C=O) groups excluding carboxylic acids is 2. The summed E-state index contributed by atoms with van der Waals surface area (Å²) in [6, 6.07) is 9.05. The van der Waals surface area contributed by atoms with E-state index >= 15 is 0 Å². The normalized spacial score (nSPS) is 18.3. The van der Waals surface area contributed by atoms with Gasteiger partial charge in [-0.3, -0.25) is 14.9 Å². The van der Waals surface area contributed by atoms with Gasteiger partial charge >= 0.3 is 0 Å². The van der Waals surface area contributed by atoms with E-state index in [9.17, 15) is 29.2 Å². The van der Waals surface area contributed by atoms with Gasteiger partial charge < -0.3 is 24.6 Å². The maximum absolute atomic E-state index is 14.6. The van der Waals surface area contributed by atoms with Crippen molar-refractivity contribution in [1.29, 1.82) is 0 Å². The van der Waals surface area contributed by atoms with Gasteiger partial charge in [0.1, 0.15) is 12.1 Å². The molecular formula is C24H27FN4O5. The number of hydrogen-bond donors (Lipinski definition) is 1. The lowest BCUT2D eigenvalue weighted by Gasteiger charge is -2.37. The SMILES string of the molecule is O=CCc1ccc(N2CCN(C(=O)c3cc([N+](=O)[O-])ccc3N3CCC(CO)C3)CC2)c(F)c1. The monoisotopic (exact) mass is 470 g/mol. The van der Waals surface area contributed by atoms with Crippen LogP contribution in [0.1, 0.15) is 22.3 Å². The van der Waals surface area contributed by atoms with Crippen molar-refractivity contribution in [1.82, 2.24) is 4.90 Å². The van der Waals surface area contributed by atoms with Gasteiger partial charge in [-0.15, -0.1) is 0 Å². The molecule has 1 amide bonds. The number of piperazine rings is 1. The summed E-state index contributed by atoms with van der Waals surface area (Å²) in [5.41, 5.74) is 1.77. The topological polar surface area (TPSA) is 107 Å². The van der Waals surface area contributed by atoms with Gasteiger partial charge in [-0.25, -0.2) is 4.39 Å². The van der Waals surface area contributed by atoms with Crippen molar-refractivity contribution in [2.45, 2.75) is 12.8 Å². The smallest absolute Gasteiger partial charge is 0.270 e. The van der Waals surface area contributed by atoms with E-state index in [2.05, 4.69) is 0 Å². The first-order valence-corrected chi connectivity index (χ1v) is 11.3. The summed E-state index contributed by atoms with van der Waals surface area (Å²) in [5, 5.41) is 20.8. The minimum atomic E-state index is -0.518. The molecule has 10 heteroatoms. The molecule has 1 atom stereocenters. The Balaban J connectivity index is 1.51. The van der Waals surface area contributed by atoms with Crippen LogP contribution in [0.15, 0.2) is 36.4 Å². The van der Waals surface area contributed by atoms with Crippen LogP contribution in [-0.2, 0) is 11.2 Å². The second-order valence-corrected chi connectivity index (χ2v) is 8.68. The van der Waals surface area contributed by atoms with Crippen molar-refractivity contribution < 1.29 is 24.0 Å². The lowest BCUT2D eigenvalue weighted by Crippen LogP contribution is -2.49. The summed E-state index contributed by atoms with van der Waals surface area (Å²) in [4.78, 5) is 40.4. The number of rotatable bonds is 7. The number of aliphatic hydroxyl groups is 1. The molecule has 2 fully saturated rings. The van der Waals surface area contributed by atoms with Crippen LogP contribution in [0.4, 0.5) is 21.5 Å². The molecule has 2 aliphatic rings. The fraction of sp³-hybridized carbons (Fsp3) is 0.417. The van der Waals surface area contributed by atoms with Gasteiger partial charge in [0.15, 0.2) is 0 Å². The highest BCUT2D eigenvalue weighted by Crippen LogP contribution is 2.31. The Bertz CT molecular complexity index is 1090. The van der Waals surface area contributed by atoms with Crippen molar-refractivity contribution in [2.24, 2.45) is 5.92 Å². The van der Waals surface area contributed by atoms with Crippen LogP contribution in [0.2, 0.25) is 0 Å². The van der Waals surface area contributed by atoms with Crippen LogP contribution in [0, 0.1) is 21.8 Å². The number of carbonyl (C=O) groups is 2. The van der Waals surface area contributed by atoms with E-state index in [1.807, 2.05) is 9.80 Å². The zero-order chi connectivity index (χ0) is 24.2. The number of aliphatic hydroxyl groups excluding tert-OH is 1. The number of benzene rings is 2. The van der Waals surface area contributed by atoms with Crippen LogP contribution in [0.5, 0.6) is 0 Å². The molecule has 2 aromatic carbocycles. The predicted octanol–water partition coefficient (Wildman–Crippen LogP) is 2.26. The summed E-state index contributed by atoms with van der Waals surface area (Å²) in [6.07, 6.45) is 1.67. The van der Waals surface area contributed by atoms with Gasteiger partial charge in [-0.1, -0.05) is 6.07 Å². The summed E-state index contributed by atoms with van der Waals surface area (Å²) in [5.74, 6) is -0.602. The molecule has 34 heavy (non-hydrogen) atoms. The highest BCUT2D eigenvalue weighted by atomic mass is 19.1. The van der Waals surface area contributed by atoms with Gasteiger partial charge in [-0.2, -0.15) is 0 Å². The first kappa shape index (κ1) is 23.6. The van der Waals surface area contributed by atoms with E-state index in [0.29, 0.717) is 56.2 Å². The second-order valence-electron chi connectivity index (χ2n) is 8.68. The summed E-state index contributed by atoms with van der Waals surface area (Å²) in [6.45, 7) is 2.82. The molecule has 180 valence electrons. The van der Waals surface area contributed by atoms with Gasteiger partial charge in [0.05, 0.1) is 21.9 Å². The first-order valence-electron chi connectivity index (χ1n) is 11.3. The van der Waals surface area contributed by atoms with Crippen molar-refractivity contribution >= 4 is 29.3 Å². The van der Waals surface area contributed by atoms with Gasteiger partial charge in [0.2, 0.25) is 0 Å². The van der Waals surface area contributed by atoms with Crippen LogP contribution in [-0.4, -0.2) is 73.0 Å². The molecule has 2 heterocycles. The lowest BCUT2D eigenvalue weighted by molar-refractivity contribution is -0.384. The molecule has 0 saturated carbocycles. The number of halogens is 1. The average molecular weight is 471 g/mol. The van der Waals surface area contributed by atoms with Crippen molar-refractivity contribution in [3.63, 3.8) is 0 Å². The number of anilines is 2. The number of aldehydes is 1. The molecule has 2 aliphatic heterocycles. The summed E-state index contributed by atoms with van der Waals surface area (Å²) >= 11 is 0. The molecule has 9 nitrogen and oxygen atoms in total.